The molecular formula is C80H106N5S+. The third-order valence-corrected chi connectivity index (χ3v) is 21.5. The molecule has 0 saturated heterocycles. The predicted molar refractivity (Wildman–Crippen MR) is 375 cm³/mol. The first-order valence-electron chi connectivity index (χ1n) is 33.5. The molecule has 2 aliphatic carbocycles. The molecule has 0 aromatic heterocycles. The van der Waals surface area contributed by atoms with Crippen molar-refractivity contribution in [3.63, 3.8) is 0 Å². The smallest absolute Gasteiger partial charge is 0.209 e. The average Bonchev–Trinajstić information content (AvgIpc) is 3.72. The number of rotatable bonds is 22. The fourth-order valence-electron chi connectivity index (χ4n) is 14.9. The van der Waals surface area contributed by atoms with Crippen molar-refractivity contribution in [2.45, 2.75) is 190 Å². The van der Waals surface area contributed by atoms with Crippen LogP contribution in [0.2, 0.25) is 0 Å². The van der Waals surface area contributed by atoms with E-state index in [9.17, 15) is 0 Å². The van der Waals surface area contributed by atoms with Crippen molar-refractivity contribution in [3.05, 3.63) is 201 Å². The number of nitrogens with zero attached hydrogens (tertiary/aromatic N) is 5. The number of benzene rings is 4. The van der Waals surface area contributed by atoms with E-state index in [0.29, 0.717) is 29.6 Å². The van der Waals surface area contributed by atoms with Crippen molar-refractivity contribution >= 4 is 45.9 Å². The van der Waals surface area contributed by atoms with Gasteiger partial charge in [0.1, 0.15) is 6.54 Å². The molecular weight excluding hydrogens is 1060 g/mol. The van der Waals surface area contributed by atoms with Crippen LogP contribution >= 0.6 is 11.8 Å². The van der Waals surface area contributed by atoms with Gasteiger partial charge in [0.15, 0.2) is 5.71 Å². The van der Waals surface area contributed by atoms with Gasteiger partial charge in [-0.15, -0.1) is 11.8 Å². The van der Waals surface area contributed by atoms with Crippen LogP contribution in [0.5, 0.6) is 0 Å². The van der Waals surface area contributed by atoms with Gasteiger partial charge in [-0.25, -0.2) is 0 Å². The molecule has 1 fully saturated rings. The van der Waals surface area contributed by atoms with Crippen molar-refractivity contribution < 1.29 is 4.58 Å². The monoisotopic (exact) mass is 1170 g/mol. The molecule has 456 valence electrons. The molecule has 1 saturated carbocycles. The fourth-order valence-corrected chi connectivity index (χ4v) is 16.1. The van der Waals surface area contributed by atoms with Crippen molar-refractivity contribution in [2.75, 3.05) is 53.2 Å². The third-order valence-electron chi connectivity index (χ3n) is 20.2. The zero-order valence-electron chi connectivity index (χ0n) is 55.9. The highest BCUT2D eigenvalue weighted by molar-refractivity contribution is 8.03. The maximum Gasteiger partial charge on any atom is 0.209 e. The Hall–Kier alpha value is -5.85. The SMILES string of the molecule is CC(C)CCN1/C(=C/C=C2\CC/C(=C\C=C3\N(CCC(C)C)c4ccccc4C3(C)C)C2=NCCSC2=C(/C=C/C3=[N+](CCC(C)C)c4ccccc4C3(C)C)CCC2C/C=C2/N(CCC(C)C)c3ccccc3C2(C)C)C(C)(C)c2ccccc21. The molecule has 0 N–H and O–H groups in total. The third kappa shape index (κ3) is 12.7. The van der Waals surface area contributed by atoms with E-state index in [1.807, 2.05) is 0 Å². The molecule has 1 unspecified atom stereocenters. The van der Waals surface area contributed by atoms with Gasteiger partial charge >= 0.3 is 0 Å². The van der Waals surface area contributed by atoms with Gasteiger partial charge in [0.2, 0.25) is 5.69 Å². The Morgan fingerprint density at radius 3 is 1.44 bits per heavy atom. The van der Waals surface area contributed by atoms with E-state index in [1.54, 1.807) is 4.91 Å². The van der Waals surface area contributed by atoms with Gasteiger partial charge < -0.3 is 14.7 Å². The predicted octanol–water partition coefficient (Wildman–Crippen LogP) is 20.7. The Morgan fingerprint density at radius 2 is 0.953 bits per heavy atom. The molecule has 10 rings (SSSR count). The second-order valence-electron chi connectivity index (χ2n) is 29.6. The summed E-state index contributed by atoms with van der Waals surface area (Å²) in [4.78, 5) is 15.3. The van der Waals surface area contributed by atoms with E-state index in [0.717, 1.165) is 83.4 Å². The minimum absolute atomic E-state index is 0.0570. The van der Waals surface area contributed by atoms with E-state index in [-0.39, 0.29) is 21.7 Å². The molecule has 4 aromatic carbocycles. The summed E-state index contributed by atoms with van der Waals surface area (Å²) in [6.07, 6.45) is 27.6. The Balaban J connectivity index is 1.02. The number of hydrogen-bond acceptors (Lipinski definition) is 5. The lowest BCUT2D eigenvalue weighted by atomic mass is 9.81. The minimum atomic E-state index is -0.108. The summed E-state index contributed by atoms with van der Waals surface area (Å²) in [5, 5.41) is 0. The van der Waals surface area contributed by atoms with Crippen LogP contribution in [0.25, 0.3) is 0 Å². The highest BCUT2D eigenvalue weighted by Gasteiger charge is 2.45. The highest BCUT2D eigenvalue weighted by atomic mass is 32.2. The summed E-state index contributed by atoms with van der Waals surface area (Å²) in [6.45, 7) is 43.2. The topological polar surface area (TPSA) is 25.1 Å². The van der Waals surface area contributed by atoms with E-state index in [2.05, 4.69) is 281 Å². The lowest BCUT2D eigenvalue weighted by Gasteiger charge is -2.28. The van der Waals surface area contributed by atoms with Crippen LogP contribution in [0.1, 0.15) is 191 Å². The summed E-state index contributed by atoms with van der Waals surface area (Å²) in [5.74, 6) is 3.92. The van der Waals surface area contributed by atoms with Gasteiger partial charge in [0, 0.05) is 106 Å². The largest absolute Gasteiger partial charge is 0.344 e. The second-order valence-corrected chi connectivity index (χ2v) is 30.8. The molecule has 0 amide bonds. The number of allylic oxidation sites excluding steroid dienone is 14. The maximum atomic E-state index is 5.79. The number of fused-ring (bicyclic) bond motifs is 4. The zero-order chi connectivity index (χ0) is 61.3. The molecule has 86 heavy (non-hydrogen) atoms. The standard InChI is InChI=1S/C80H106N5S/c1-55(2)45-50-82-67-29-21-17-25-63(67)77(9,10)71(82)41-37-59-33-34-60(38-42-72-78(11,12)64-26-18-22-30-68(64)83(72)51-46-56(3)4)75(59)81-49-54-86-76-61(39-43-73-79(13,14)65-27-19-23-31-69(65)84(73)52-47-57(5)6)35-36-62(76)40-44-74-80(15,16)66-28-20-24-32-70(66)85(74)53-48-58(7)8/h17-32,37-39,41-44,55-58,62H,33-36,40,45-54H2,1-16H3/q+1/b43-39+,59-37+,60-38+,71-41+,72-42+,74-44+. The van der Waals surface area contributed by atoms with Gasteiger partial charge in [-0.05, 0) is 163 Å². The van der Waals surface area contributed by atoms with E-state index >= 15 is 0 Å². The first kappa shape index (κ1) is 63.2. The summed E-state index contributed by atoms with van der Waals surface area (Å²) in [6, 6.07) is 36.6. The van der Waals surface area contributed by atoms with E-state index in [1.165, 1.54) is 103 Å². The second kappa shape index (κ2) is 26.1. The molecule has 0 bridgehead atoms. The number of para-hydroxylation sites is 4. The summed E-state index contributed by atoms with van der Waals surface area (Å²) in [5.41, 5.74) is 22.0. The number of hydrogen-bond donors (Lipinski definition) is 0. The number of anilines is 3. The van der Waals surface area contributed by atoms with Gasteiger partial charge in [0.05, 0.1) is 11.1 Å². The highest BCUT2D eigenvalue weighted by Crippen LogP contribution is 2.52. The first-order valence-corrected chi connectivity index (χ1v) is 34.5. The summed E-state index contributed by atoms with van der Waals surface area (Å²) in [7, 11) is 0. The van der Waals surface area contributed by atoms with Crippen LogP contribution in [0.4, 0.5) is 22.7 Å². The molecule has 6 aliphatic rings. The molecule has 4 heterocycles. The first-order chi connectivity index (χ1) is 41.0. The molecule has 4 aliphatic heterocycles. The van der Waals surface area contributed by atoms with Crippen LogP contribution in [-0.4, -0.2) is 54.5 Å². The average molecular weight is 1170 g/mol. The summed E-state index contributed by atoms with van der Waals surface area (Å²) < 4.78 is 2.65. The van der Waals surface area contributed by atoms with Crippen LogP contribution in [0.15, 0.2) is 183 Å². The zero-order valence-corrected chi connectivity index (χ0v) is 56.7. The van der Waals surface area contributed by atoms with E-state index < -0.39 is 0 Å². The Kier molecular flexibility index (Phi) is 19.2. The lowest BCUT2D eigenvalue weighted by molar-refractivity contribution is -0.439. The van der Waals surface area contributed by atoms with Gasteiger partial charge in [-0.1, -0.05) is 194 Å². The van der Waals surface area contributed by atoms with Crippen LogP contribution in [0, 0.1) is 29.6 Å². The summed E-state index contributed by atoms with van der Waals surface area (Å²) >= 11 is 2.10. The van der Waals surface area contributed by atoms with Crippen LogP contribution in [-0.2, 0) is 21.7 Å². The molecule has 5 nitrogen and oxygen atoms in total. The quantitative estimate of drug-likeness (QED) is 0.0578. The van der Waals surface area contributed by atoms with Crippen molar-refractivity contribution in [2.24, 2.45) is 34.6 Å². The number of aliphatic imine (C=N–C) groups is 1. The lowest BCUT2D eigenvalue weighted by Crippen LogP contribution is -2.28. The molecule has 4 aromatic rings. The van der Waals surface area contributed by atoms with Crippen molar-refractivity contribution in [1.82, 2.24) is 0 Å². The molecule has 1 atom stereocenters. The Morgan fingerprint density at radius 1 is 0.512 bits per heavy atom. The van der Waals surface area contributed by atoms with Gasteiger partial charge in [0.25, 0.3) is 0 Å². The van der Waals surface area contributed by atoms with Crippen molar-refractivity contribution in [1.29, 1.82) is 0 Å². The maximum absolute atomic E-state index is 5.79. The number of thioether (sulfide) groups is 1. The van der Waals surface area contributed by atoms with Gasteiger partial charge in [-0.2, -0.15) is 4.58 Å². The van der Waals surface area contributed by atoms with Crippen LogP contribution < -0.4 is 14.7 Å². The molecule has 0 spiro atoms. The molecule has 6 heteroatoms. The van der Waals surface area contributed by atoms with Gasteiger partial charge in [-0.3, -0.25) is 4.99 Å². The fraction of sp³-hybridized carbons (Fsp3) is 0.500. The minimum Gasteiger partial charge on any atom is -0.344 e. The Labute approximate surface area is 526 Å². The Bertz CT molecular complexity index is 3320. The van der Waals surface area contributed by atoms with Crippen molar-refractivity contribution in [3.8, 4) is 0 Å². The van der Waals surface area contributed by atoms with E-state index in [4.69, 9.17) is 4.99 Å². The van der Waals surface area contributed by atoms with Crippen LogP contribution in [0.3, 0.4) is 0 Å². The normalized spacial score (nSPS) is 22.4. The molecule has 0 radical (unpaired) electrons.